The largest absolute Gasteiger partial charge is 0.342 e. The number of carbonyl (C=O) groups is 2. The zero-order valence-electron chi connectivity index (χ0n) is 8.48. The number of rotatable bonds is 2. The Balaban J connectivity index is 1.94. The molecule has 0 spiro atoms. The second-order valence-electron chi connectivity index (χ2n) is 4.13. The molecule has 0 aromatic rings. The zero-order valence-corrected chi connectivity index (χ0v) is 8.48. The Morgan fingerprint density at radius 2 is 1.87 bits per heavy atom. The highest BCUT2D eigenvalue weighted by molar-refractivity contribution is 5.88. The SMILES string of the molecule is N#CC1(C(=O)N2CCN(C=O)CC2)CC1. The van der Waals surface area contributed by atoms with Crippen molar-refractivity contribution in [2.75, 3.05) is 26.2 Å². The van der Waals surface area contributed by atoms with Crippen LogP contribution in [0.5, 0.6) is 0 Å². The molecular formula is C10H13N3O2. The Morgan fingerprint density at radius 1 is 1.27 bits per heavy atom. The normalized spacial score (nSPS) is 23.1. The topological polar surface area (TPSA) is 64.4 Å². The molecule has 1 aliphatic carbocycles. The van der Waals surface area contributed by atoms with Crippen LogP contribution in [0.15, 0.2) is 0 Å². The maximum atomic E-state index is 11.9. The number of piperazine rings is 1. The summed E-state index contributed by atoms with van der Waals surface area (Å²) < 4.78 is 0. The summed E-state index contributed by atoms with van der Waals surface area (Å²) >= 11 is 0. The van der Waals surface area contributed by atoms with Crippen molar-refractivity contribution in [1.82, 2.24) is 9.80 Å². The minimum Gasteiger partial charge on any atom is -0.342 e. The van der Waals surface area contributed by atoms with Crippen molar-refractivity contribution in [3.05, 3.63) is 0 Å². The third-order valence-corrected chi connectivity index (χ3v) is 3.12. The molecule has 0 aromatic carbocycles. The summed E-state index contributed by atoms with van der Waals surface area (Å²) in [5.74, 6) is -0.0458. The Bertz CT molecular complexity index is 322. The number of nitrogens with zero attached hydrogens (tertiary/aromatic N) is 3. The molecule has 0 atom stereocenters. The molecule has 1 heterocycles. The molecule has 0 unspecified atom stereocenters. The van der Waals surface area contributed by atoms with Gasteiger partial charge in [0, 0.05) is 26.2 Å². The Morgan fingerprint density at radius 3 is 2.27 bits per heavy atom. The molecule has 2 aliphatic rings. The first-order chi connectivity index (χ1) is 7.22. The summed E-state index contributed by atoms with van der Waals surface area (Å²) in [4.78, 5) is 25.7. The molecule has 1 aliphatic heterocycles. The van der Waals surface area contributed by atoms with Gasteiger partial charge in [0.15, 0.2) is 0 Å². The van der Waals surface area contributed by atoms with E-state index < -0.39 is 5.41 Å². The highest BCUT2D eigenvalue weighted by Gasteiger charge is 2.52. The smallest absolute Gasteiger partial charge is 0.243 e. The van der Waals surface area contributed by atoms with Crippen molar-refractivity contribution in [2.45, 2.75) is 12.8 Å². The average molecular weight is 207 g/mol. The summed E-state index contributed by atoms with van der Waals surface area (Å²) in [5, 5.41) is 8.89. The first-order valence-electron chi connectivity index (χ1n) is 5.12. The Hall–Kier alpha value is -1.57. The van der Waals surface area contributed by atoms with Crippen LogP contribution >= 0.6 is 0 Å². The van der Waals surface area contributed by atoms with Gasteiger partial charge in [-0.25, -0.2) is 0 Å². The van der Waals surface area contributed by atoms with Gasteiger partial charge >= 0.3 is 0 Å². The van der Waals surface area contributed by atoms with Gasteiger partial charge in [0.2, 0.25) is 12.3 Å². The number of hydrogen-bond donors (Lipinski definition) is 0. The van der Waals surface area contributed by atoms with Crippen molar-refractivity contribution in [3.63, 3.8) is 0 Å². The first-order valence-corrected chi connectivity index (χ1v) is 5.12. The number of amides is 2. The quantitative estimate of drug-likeness (QED) is 0.578. The van der Waals surface area contributed by atoms with E-state index in [4.69, 9.17) is 5.26 Å². The van der Waals surface area contributed by atoms with Crippen molar-refractivity contribution in [2.24, 2.45) is 5.41 Å². The molecule has 0 aromatic heterocycles. The van der Waals surface area contributed by atoms with Crippen molar-refractivity contribution >= 4 is 12.3 Å². The average Bonchev–Trinajstić information content (AvgIpc) is 3.09. The van der Waals surface area contributed by atoms with E-state index in [9.17, 15) is 9.59 Å². The van der Waals surface area contributed by atoms with E-state index in [1.807, 2.05) is 0 Å². The predicted molar refractivity (Wildman–Crippen MR) is 51.5 cm³/mol. The van der Waals surface area contributed by atoms with Crippen LogP contribution in [0, 0.1) is 16.7 Å². The lowest BCUT2D eigenvalue weighted by molar-refractivity contribution is -0.138. The molecular weight excluding hydrogens is 194 g/mol. The summed E-state index contributed by atoms with van der Waals surface area (Å²) in [5.41, 5.74) is -0.719. The van der Waals surface area contributed by atoms with Crippen LogP contribution in [0.1, 0.15) is 12.8 Å². The van der Waals surface area contributed by atoms with Crippen molar-refractivity contribution < 1.29 is 9.59 Å². The molecule has 15 heavy (non-hydrogen) atoms. The van der Waals surface area contributed by atoms with Gasteiger partial charge < -0.3 is 9.80 Å². The summed E-state index contributed by atoms with van der Waals surface area (Å²) in [6.07, 6.45) is 2.19. The lowest BCUT2D eigenvalue weighted by Crippen LogP contribution is -2.50. The summed E-state index contributed by atoms with van der Waals surface area (Å²) in [7, 11) is 0. The number of carbonyl (C=O) groups excluding carboxylic acids is 2. The van der Waals surface area contributed by atoms with Crippen LogP contribution in [-0.2, 0) is 9.59 Å². The van der Waals surface area contributed by atoms with Gasteiger partial charge in [-0.1, -0.05) is 0 Å². The van der Waals surface area contributed by atoms with Gasteiger partial charge in [0.25, 0.3) is 0 Å². The molecule has 2 fully saturated rings. The lowest BCUT2D eigenvalue weighted by Gasteiger charge is -2.33. The summed E-state index contributed by atoms with van der Waals surface area (Å²) in [6, 6.07) is 2.10. The van der Waals surface area contributed by atoms with Crippen molar-refractivity contribution in [1.29, 1.82) is 5.26 Å². The maximum absolute atomic E-state index is 11.9. The molecule has 5 heteroatoms. The first kappa shape index (κ1) is 9.97. The van der Waals surface area contributed by atoms with Crippen LogP contribution in [0.3, 0.4) is 0 Å². The molecule has 80 valence electrons. The van der Waals surface area contributed by atoms with E-state index in [0.29, 0.717) is 39.0 Å². The van der Waals surface area contributed by atoms with E-state index in [1.165, 1.54) is 0 Å². The van der Waals surface area contributed by atoms with Gasteiger partial charge in [-0.05, 0) is 12.8 Å². The second kappa shape index (κ2) is 3.54. The molecule has 1 saturated carbocycles. The van der Waals surface area contributed by atoms with E-state index in [0.717, 1.165) is 6.41 Å². The monoisotopic (exact) mass is 207 g/mol. The highest BCUT2D eigenvalue weighted by Crippen LogP contribution is 2.46. The van der Waals surface area contributed by atoms with Gasteiger partial charge in [0.05, 0.1) is 6.07 Å². The molecule has 0 radical (unpaired) electrons. The molecule has 0 bridgehead atoms. The van der Waals surface area contributed by atoms with Gasteiger partial charge in [-0.3, -0.25) is 9.59 Å². The van der Waals surface area contributed by atoms with E-state index >= 15 is 0 Å². The predicted octanol–water partition coefficient (Wildman–Crippen LogP) is -0.409. The third kappa shape index (κ3) is 1.67. The third-order valence-electron chi connectivity index (χ3n) is 3.12. The fourth-order valence-electron chi connectivity index (χ4n) is 1.83. The maximum Gasteiger partial charge on any atom is 0.243 e. The minimum absolute atomic E-state index is 0.0458. The summed E-state index contributed by atoms with van der Waals surface area (Å²) in [6.45, 7) is 2.27. The minimum atomic E-state index is -0.719. The van der Waals surface area contributed by atoms with Crippen LogP contribution in [-0.4, -0.2) is 48.3 Å². The molecule has 2 rings (SSSR count). The molecule has 5 nitrogen and oxygen atoms in total. The molecule has 0 N–H and O–H groups in total. The van der Waals surface area contributed by atoms with Crippen LogP contribution in [0.2, 0.25) is 0 Å². The number of hydrogen-bond acceptors (Lipinski definition) is 3. The van der Waals surface area contributed by atoms with Crippen LogP contribution in [0.4, 0.5) is 0 Å². The van der Waals surface area contributed by atoms with Crippen molar-refractivity contribution in [3.8, 4) is 6.07 Å². The Kier molecular flexibility index (Phi) is 2.35. The molecule has 1 saturated heterocycles. The number of nitriles is 1. The van der Waals surface area contributed by atoms with Gasteiger partial charge in [0.1, 0.15) is 5.41 Å². The van der Waals surface area contributed by atoms with E-state index in [2.05, 4.69) is 6.07 Å². The van der Waals surface area contributed by atoms with E-state index in [1.54, 1.807) is 9.80 Å². The Labute approximate surface area is 88.2 Å². The zero-order chi connectivity index (χ0) is 10.9. The molecule has 2 amide bonds. The highest BCUT2D eigenvalue weighted by atomic mass is 16.2. The van der Waals surface area contributed by atoms with Crippen LogP contribution in [0.25, 0.3) is 0 Å². The fourth-order valence-corrected chi connectivity index (χ4v) is 1.83. The van der Waals surface area contributed by atoms with E-state index in [-0.39, 0.29) is 5.91 Å². The fraction of sp³-hybridized carbons (Fsp3) is 0.700. The van der Waals surface area contributed by atoms with Gasteiger partial charge in [-0.15, -0.1) is 0 Å². The lowest BCUT2D eigenvalue weighted by atomic mass is 10.1. The van der Waals surface area contributed by atoms with Crippen LogP contribution < -0.4 is 0 Å². The second-order valence-corrected chi connectivity index (χ2v) is 4.13. The van der Waals surface area contributed by atoms with Gasteiger partial charge in [-0.2, -0.15) is 5.26 Å². The standard InChI is InChI=1S/C10H13N3O2/c11-7-10(1-2-10)9(15)13-5-3-12(8-14)4-6-13/h8H,1-6H2.